The summed E-state index contributed by atoms with van der Waals surface area (Å²) in [7, 11) is 0. The summed E-state index contributed by atoms with van der Waals surface area (Å²) in [5.41, 5.74) is 0. The SMILES string of the molecule is Brc1ccc(SC2CCOC2)nc1. The monoisotopic (exact) mass is 259 g/mol. The zero-order chi connectivity index (χ0) is 9.10. The summed E-state index contributed by atoms with van der Waals surface area (Å²) >= 11 is 5.16. The molecule has 2 nitrogen and oxygen atoms in total. The highest BCUT2D eigenvalue weighted by molar-refractivity contribution is 9.10. The van der Waals surface area contributed by atoms with E-state index in [1.807, 2.05) is 18.3 Å². The molecule has 1 atom stereocenters. The van der Waals surface area contributed by atoms with Crippen LogP contribution in [0.1, 0.15) is 6.42 Å². The number of pyridine rings is 1. The molecule has 13 heavy (non-hydrogen) atoms. The molecule has 1 unspecified atom stereocenters. The summed E-state index contributed by atoms with van der Waals surface area (Å²) in [6.07, 6.45) is 2.97. The lowest BCUT2D eigenvalue weighted by atomic mass is 10.4. The van der Waals surface area contributed by atoms with Crippen LogP contribution >= 0.6 is 27.7 Å². The number of hydrogen-bond donors (Lipinski definition) is 0. The lowest BCUT2D eigenvalue weighted by Gasteiger charge is -2.05. The molecule has 2 heterocycles. The summed E-state index contributed by atoms with van der Waals surface area (Å²) in [6, 6.07) is 4.05. The van der Waals surface area contributed by atoms with E-state index < -0.39 is 0 Å². The number of halogens is 1. The van der Waals surface area contributed by atoms with Crippen LogP contribution in [-0.4, -0.2) is 23.4 Å². The van der Waals surface area contributed by atoms with Crippen LogP contribution in [0.5, 0.6) is 0 Å². The number of aromatic nitrogens is 1. The van der Waals surface area contributed by atoms with Crippen LogP contribution in [0.25, 0.3) is 0 Å². The zero-order valence-electron chi connectivity index (χ0n) is 7.07. The van der Waals surface area contributed by atoms with Gasteiger partial charge in [0.2, 0.25) is 0 Å². The molecular formula is C9H10BrNOS. The van der Waals surface area contributed by atoms with Gasteiger partial charge in [0.05, 0.1) is 11.6 Å². The second-order valence-electron chi connectivity index (χ2n) is 2.92. The minimum Gasteiger partial charge on any atom is -0.380 e. The largest absolute Gasteiger partial charge is 0.380 e. The van der Waals surface area contributed by atoms with E-state index in [4.69, 9.17) is 4.74 Å². The highest BCUT2D eigenvalue weighted by atomic mass is 79.9. The van der Waals surface area contributed by atoms with Gasteiger partial charge >= 0.3 is 0 Å². The van der Waals surface area contributed by atoms with Gasteiger partial charge in [0, 0.05) is 22.5 Å². The Morgan fingerprint density at radius 2 is 2.46 bits per heavy atom. The molecule has 2 rings (SSSR count). The molecule has 0 aromatic carbocycles. The molecule has 0 bridgehead atoms. The molecule has 1 aliphatic heterocycles. The minimum atomic E-state index is 0.591. The maximum absolute atomic E-state index is 5.30. The molecule has 1 aromatic heterocycles. The van der Waals surface area contributed by atoms with Crippen LogP contribution in [0.15, 0.2) is 27.8 Å². The third-order valence-electron chi connectivity index (χ3n) is 1.88. The fourth-order valence-corrected chi connectivity index (χ4v) is 2.42. The molecule has 70 valence electrons. The third kappa shape index (κ3) is 2.69. The Bertz CT molecular complexity index is 271. The first kappa shape index (κ1) is 9.49. The number of nitrogens with zero attached hydrogens (tertiary/aromatic N) is 1. The van der Waals surface area contributed by atoms with Crippen molar-refractivity contribution in [1.29, 1.82) is 0 Å². The normalized spacial score (nSPS) is 22.1. The van der Waals surface area contributed by atoms with E-state index in [0.29, 0.717) is 5.25 Å². The van der Waals surface area contributed by atoms with Crippen LogP contribution in [-0.2, 0) is 4.74 Å². The Kier molecular flexibility index (Phi) is 3.24. The summed E-state index contributed by atoms with van der Waals surface area (Å²) in [6.45, 7) is 1.76. The van der Waals surface area contributed by atoms with Gasteiger partial charge in [0.25, 0.3) is 0 Å². The Morgan fingerprint density at radius 3 is 3.08 bits per heavy atom. The predicted octanol–water partition coefficient (Wildman–Crippen LogP) is 2.73. The molecule has 1 aromatic rings. The van der Waals surface area contributed by atoms with E-state index in [1.54, 1.807) is 11.8 Å². The highest BCUT2D eigenvalue weighted by Gasteiger charge is 2.16. The first-order valence-corrected chi connectivity index (χ1v) is 5.88. The van der Waals surface area contributed by atoms with Crippen molar-refractivity contribution in [2.45, 2.75) is 16.7 Å². The standard InChI is InChI=1S/C9H10BrNOS/c10-7-1-2-9(11-5-7)13-8-3-4-12-6-8/h1-2,5,8H,3-4,6H2. The van der Waals surface area contributed by atoms with E-state index in [1.165, 1.54) is 0 Å². The van der Waals surface area contributed by atoms with Crippen molar-refractivity contribution < 1.29 is 4.74 Å². The van der Waals surface area contributed by atoms with E-state index in [2.05, 4.69) is 20.9 Å². The maximum atomic E-state index is 5.30. The molecule has 1 fully saturated rings. The topological polar surface area (TPSA) is 22.1 Å². The van der Waals surface area contributed by atoms with Crippen LogP contribution in [0.2, 0.25) is 0 Å². The minimum absolute atomic E-state index is 0.591. The molecule has 0 aliphatic carbocycles. The first-order chi connectivity index (χ1) is 6.34. The Labute approximate surface area is 90.2 Å². The van der Waals surface area contributed by atoms with Gasteiger partial charge in [-0.2, -0.15) is 0 Å². The van der Waals surface area contributed by atoms with Crippen molar-refractivity contribution in [2.24, 2.45) is 0 Å². The lowest BCUT2D eigenvalue weighted by molar-refractivity contribution is 0.199. The van der Waals surface area contributed by atoms with E-state index in [9.17, 15) is 0 Å². The first-order valence-electron chi connectivity index (χ1n) is 4.20. The fraction of sp³-hybridized carbons (Fsp3) is 0.444. The van der Waals surface area contributed by atoms with Gasteiger partial charge in [-0.3, -0.25) is 0 Å². The zero-order valence-corrected chi connectivity index (χ0v) is 9.47. The third-order valence-corrected chi connectivity index (χ3v) is 3.53. The average molecular weight is 260 g/mol. The summed E-state index contributed by atoms with van der Waals surface area (Å²) < 4.78 is 6.32. The van der Waals surface area contributed by atoms with Gasteiger partial charge in [-0.25, -0.2) is 4.98 Å². The molecule has 4 heteroatoms. The van der Waals surface area contributed by atoms with Crippen LogP contribution in [0, 0.1) is 0 Å². The van der Waals surface area contributed by atoms with Crippen LogP contribution < -0.4 is 0 Å². The maximum Gasteiger partial charge on any atom is 0.0964 e. The second-order valence-corrected chi connectivity index (χ2v) is 5.15. The Balaban J connectivity index is 1.97. The molecule has 0 amide bonds. The van der Waals surface area contributed by atoms with Gasteiger partial charge < -0.3 is 4.74 Å². The van der Waals surface area contributed by atoms with Crippen molar-refractivity contribution in [2.75, 3.05) is 13.2 Å². The van der Waals surface area contributed by atoms with Crippen molar-refractivity contribution in [3.05, 3.63) is 22.8 Å². The molecule has 0 radical (unpaired) electrons. The lowest BCUT2D eigenvalue weighted by Crippen LogP contribution is -2.00. The number of ether oxygens (including phenoxy) is 1. The second kappa shape index (κ2) is 4.44. The average Bonchev–Trinajstić information content (AvgIpc) is 2.62. The molecule has 0 saturated carbocycles. The molecule has 0 spiro atoms. The number of hydrogen-bond acceptors (Lipinski definition) is 3. The summed E-state index contributed by atoms with van der Waals surface area (Å²) in [5.74, 6) is 0. The van der Waals surface area contributed by atoms with Gasteiger partial charge in [-0.1, -0.05) is 0 Å². The van der Waals surface area contributed by atoms with Crippen LogP contribution in [0.3, 0.4) is 0 Å². The summed E-state index contributed by atoms with van der Waals surface area (Å²) in [4.78, 5) is 4.30. The van der Waals surface area contributed by atoms with Crippen LogP contribution in [0.4, 0.5) is 0 Å². The van der Waals surface area contributed by atoms with Crippen molar-refractivity contribution >= 4 is 27.7 Å². The fourth-order valence-electron chi connectivity index (χ4n) is 1.21. The predicted molar refractivity (Wildman–Crippen MR) is 57.0 cm³/mol. The molecular weight excluding hydrogens is 250 g/mol. The van der Waals surface area contributed by atoms with Gasteiger partial charge in [0.15, 0.2) is 0 Å². The smallest absolute Gasteiger partial charge is 0.0964 e. The van der Waals surface area contributed by atoms with E-state index in [0.717, 1.165) is 29.1 Å². The van der Waals surface area contributed by atoms with Crippen molar-refractivity contribution in [3.8, 4) is 0 Å². The Morgan fingerprint density at radius 1 is 1.54 bits per heavy atom. The van der Waals surface area contributed by atoms with Crippen molar-refractivity contribution in [1.82, 2.24) is 4.98 Å². The molecule has 1 aliphatic rings. The number of thioether (sulfide) groups is 1. The molecule has 1 saturated heterocycles. The molecule has 0 N–H and O–H groups in total. The highest BCUT2D eigenvalue weighted by Crippen LogP contribution is 2.27. The Hall–Kier alpha value is -0.0600. The van der Waals surface area contributed by atoms with Crippen molar-refractivity contribution in [3.63, 3.8) is 0 Å². The summed E-state index contributed by atoms with van der Waals surface area (Å²) in [5, 5.41) is 1.67. The van der Waals surface area contributed by atoms with Gasteiger partial charge in [0.1, 0.15) is 0 Å². The van der Waals surface area contributed by atoms with Gasteiger partial charge in [-0.15, -0.1) is 11.8 Å². The van der Waals surface area contributed by atoms with E-state index in [-0.39, 0.29) is 0 Å². The number of rotatable bonds is 2. The van der Waals surface area contributed by atoms with Gasteiger partial charge in [-0.05, 0) is 34.5 Å². The quantitative estimate of drug-likeness (QED) is 0.816. The van der Waals surface area contributed by atoms with E-state index >= 15 is 0 Å².